The second-order valence-electron chi connectivity index (χ2n) is 4.27. The molecule has 0 aromatic carbocycles. The minimum Gasteiger partial charge on any atom is -0.461 e. The second-order valence-corrected chi connectivity index (χ2v) is 6.18. The predicted molar refractivity (Wildman–Crippen MR) is 84.5 cm³/mol. The highest BCUT2D eigenvalue weighted by Crippen LogP contribution is 2.20. The summed E-state index contributed by atoms with van der Waals surface area (Å²) in [6, 6.07) is 2.37. The van der Waals surface area contributed by atoms with Crippen molar-refractivity contribution < 1.29 is 4.74 Å². The summed E-state index contributed by atoms with van der Waals surface area (Å²) < 4.78 is 6.58. The molecule has 2 aromatic heterocycles. The Morgan fingerprint density at radius 3 is 2.65 bits per heavy atom. The molecule has 20 heavy (non-hydrogen) atoms. The lowest BCUT2D eigenvalue weighted by Crippen LogP contribution is -2.12. The number of hydrogen-bond donors (Lipinski definition) is 2. The highest BCUT2D eigenvalue weighted by atomic mass is 79.9. The zero-order chi connectivity index (χ0) is 14.5. The number of halogens is 1. The van der Waals surface area contributed by atoms with Crippen LogP contribution >= 0.6 is 27.3 Å². The Kier molecular flexibility index (Phi) is 5.13. The molecular weight excluding hydrogens is 342 g/mol. The average molecular weight is 358 g/mol. The summed E-state index contributed by atoms with van der Waals surface area (Å²) >= 11 is 5.10. The van der Waals surface area contributed by atoms with Crippen LogP contribution in [0.15, 0.2) is 15.9 Å². The summed E-state index contributed by atoms with van der Waals surface area (Å²) in [5.74, 6) is 0.968. The van der Waals surface area contributed by atoms with Crippen molar-refractivity contribution in [2.24, 2.45) is 0 Å². The molecule has 0 unspecified atom stereocenters. The van der Waals surface area contributed by atoms with Gasteiger partial charge in [0.25, 0.3) is 0 Å². The Morgan fingerprint density at radius 1 is 1.30 bits per heavy atom. The molecule has 0 bridgehead atoms. The van der Waals surface area contributed by atoms with Gasteiger partial charge in [-0.2, -0.15) is 15.0 Å². The summed E-state index contributed by atoms with van der Waals surface area (Å²) in [6.07, 6.45) is 0.0169. The smallest absolute Gasteiger partial charge is 0.323 e. The van der Waals surface area contributed by atoms with Crippen LogP contribution in [0.1, 0.15) is 18.7 Å². The summed E-state index contributed by atoms with van der Waals surface area (Å²) in [7, 11) is 1.76. The molecule has 2 N–H and O–H groups in total. The van der Waals surface area contributed by atoms with Crippen molar-refractivity contribution in [2.75, 3.05) is 17.7 Å². The van der Waals surface area contributed by atoms with E-state index in [2.05, 4.69) is 47.6 Å². The van der Waals surface area contributed by atoms with Gasteiger partial charge in [-0.15, -0.1) is 11.3 Å². The minimum atomic E-state index is 0.0169. The monoisotopic (exact) mass is 357 g/mol. The van der Waals surface area contributed by atoms with Crippen molar-refractivity contribution in [1.29, 1.82) is 0 Å². The Labute approximate surface area is 130 Å². The van der Waals surface area contributed by atoms with Gasteiger partial charge in [0, 0.05) is 21.8 Å². The van der Waals surface area contributed by atoms with E-state index >= 15 is 0 Å². The zero-order valence-corrected chi connectivity index (χ0v) is 13.9. The van der Waals surface area contributed by atoms with Gasteiger partial charge in [-0.25, -0.2) is 0 Å². The van der Waals surface area contributed by atoms with E-state index in [1.165, 1.54) is 4.88 Å². The number of nitrogens with one attached hydrogen (secondary N) is 2. The van der Waals surface area contributed by atoms with Crippen LogP contribution in [0.25, 0.3) is 0 Å². The van der Waals surface area contributed by atoms with Crippen LogP contribution in [0.5, 0.6) is 6.01 Å². The highest BCUT2D eigenvalue weighted by molar-refractivity contribution is 9.10. The topological polar surface area (TPSA) is 72.0 Å². The summed E-state index contributed by atoms with van der Waals surface area (Å²) in [5, 5.41) is 8.10. The van der Waals surface area contributed by atoms with Crippen molar-refractivity contribution in [3.05, 3.63) is 20.8 Å². The largest absolute Gasteiger partial charge is 0.461 e. The first-order valence-electron chi connectivity index (χ1n) is 6.14. The van der Waals surface area contributed by atoms with E-state index in [-0.39, 0.29) is 6.10 Å². The SMILES string of the molecule is CNc1nc(NCc2cc(Br)cs2)nc(OC(C)C)n1. The lowest BCUT2D eigenvalue weighted by atomic mass is 10.5. The number of hydrogen-bond acceptors (Lipinski definition) is 7. The number of aromatic nitrogens is 3. The number of rotatable bonds is 6. The van der Waals surface area contributed by atoms with Gasteiger partial charge in [0.05, 0.1) is 12.6 Å². The van der Waals surface area contributed by atoms with Crippen LogP contribution in [0.2, 0.25) is 0 Å². The van der Waals surface area contributed by atoms with Crippen molar-refractivity contribution in [3.8, 4) is 6.01 Å². The van der Waals surface area contributed by atoms with Gasteiger partial charge in [0.2, 0.25) is 11.9 Å². The molecule has 2 heterocycles. The number of ether oxygens (including phenoxy) is 1. The maximum Gasteiger partial charge on any atom is 0.323 e. The molecule has 0 spiro atoms. The van der Waals surface area contributed by atoms with E-state index < -0.39 is 0 Å². The Morgan fingerprint density at radius 2 is 2.05 bits per heavy atom. The molecule has 0 fully saturated rings. The lowest BCUT2D eigenvalue weighted by Gasteiger charge is -2.10. The molecule has 6 nitrogen and oxygen atoms in total. The van der Waals surface area contributed by atoms with Gasteiger partial charge in [-0.3, -0.25) is 0 Å². The first-order valence-corrected chi connectivity index (χ1v) is 7.81. The average Bonchev–Trinajstić information content (AvgIpc) is 2.81. The molecular formula is C12H16BrN5OS. The fourth-order valence-electron chi connectivity index (χ4n) is 1.42. The van der Waals surface area contributed by atoms with E-state index in [0.29, 0.717) is 24.5 Å². The molecule has 0 amide bonds. The van der Waals surface area contributed by atoms with Gasteiger partial charge in [0.1, 0.15) is 0 Å². The van der Waals surface area contributed by atoms with E-state index in [9.17, 15) is 0 Å². The maximum atomic E-state index is 5.51. The molecule has 0 saturated carbocycles. The number of thiophene rings is 1. The Hall–Kier alpha value is -1.41. The van der Waals surface area contributed by atoms with Crippen LogP contribution < -0.4 is 15.4 Å². The van der Waals surface area contributed by atoms with E-state index in [1.807, 2.05) is 19.2 Å². The quantitative estimate of drug-likeness (QED) is 0.827. The zero-order valence-electron chi connectivity index (χ0n) is 11.5. The summed E-state index contributed by atoms with van der Waals surface area (Å²) in [6.45, 7) is 4.52. The lowest BCUT2D eigenvalue weighted by molar-refractivity contribution is 0.222. The number of anilines is 2. The molecule has 8 heteroatoms. The molecule has 0 aliphatic heterocycles. The van der Waals surface area contributed by atoms with E-state index in [1.54, 1.807) is 18.4 Å². The maximum absolute atomic E-state index is 5.51. The van der Waals surface area contributed by atoms with Crippen molar-refractivity contribution >= 4 is 39.2 Å². The first-order chi connectivity index (χ1) is 9.56. The highest BCUT2D eigenvalue weighted by Gasteiger charge is 2.08. The molecule has 0 radical (unpaired) electrons. The Balaban J connectivity index is 2.09. The van der Waals surface area contributed by atoms with Gasteiger partial charge in [0.15, 0.2) is 0 Å². The Bertz CT molecular complexity index is 575. The van der Waals surface area contributed by atoms with Gasteiger partial charge in [-0.05, 0) is 35.8 Å². The van der Waals surface area contributed by atoms with Crippen LogP contribution in [-0.2, 0) is 6.54 Å². The van der Waals surface area contributed by atoms with E-state index in [0.717, 1.165) is 4.47 Å². The third-order valence-electron chi connectivity index (χ3n) is 2.22. The second kappa shape index (κ2) is 6.85. The standard InChI is InChI=1S/C12H16BrN5OS/c1-7(2)19-12-17-10(14-3)16-11(18-12)15-5-9-4-8(13)6-20-9/h4,6-7H,5H2,1-3H3,(H2,14,15,16,17,18). The molecule has 0 aliphatic carbocycles. The predicted octanol–water partition coefficient (Wildman–Crippen LogP) is 3.14. The summed E-state index contributed by atoms with van der Waals surface area (Å²) in [4.78, 5) is 13.8. The fraction of sp³-hybridized carbons (Fsp3) is 0.417. The molecule has 108 valence electrons. The van der Waals surface area contributed by atoms with Crippen LogP contribution in [-0.4, -0.2) is 28.1 Å². The molecule has 2 rings (SSSR count). The molecule has 0 saturated heterocycles. The third kappa shape index (κ3) is 4.31. The molecule has 2 aromatic rings. The first kappa shape index (κ1) is 15.0. The van der Waals surface area contributed by atoms with Crippen molar-refractivity contribution in [1.82, 2.24) is 15.0 Å². The summed E-state index contributed by atoms with van der Waals surface area (Å²) in [5.41, 5.74) is 0. The minimum absolute atomic E-state index is 0.0169. The number of nitrogens with zero attached hydrogens (tertiary/aromatic N) is 3. The van der Waals surface area contributed by atoms with Crippen LogP contribution in [0, 0.1) is 0 Å². The van der Waals surface area contributed by atoms with Crippen molar-refractivity contribution in [2.45, 2.75) is 26.5 Å². The van der Waals surface area contributed by atoms with Crippen LogP contribution in [0.4, 0.5) is 11.9 Å². The van der Waals surface area contributed by atoms with Crippen molar-refractivity contribution in [3.63, 3.8) is 0 Å². The fourth-order valence-corrected chi connectivity index (χ4v) is 2.81. The normalized spacial score (nSPS) is 10.7. The molecule has 0 atom stereocenters. The third-order valence-corrected chi connectivity index (χ3v) is 3.92. The van der Waals surface area contributed by atoms with Crippen LogP contribution in [0.3, 0.4) is 0 Å². The van der Waals surface area contributed by atoms with Gasteiger partial charge < -0.3 is 15.4 Å². The van der Waals surface area contributed by atoms with Gasteiger partial charge >= 0.3 is 6.01 Å². The molecule has 0 aliphatic rings. The van der Waals surface area contributed by atoms with Gasteiger partial charge in [-0.1, -0.05) is 0 Å². The van der Waals surface area contributed by atoms with E-state index in [4.69, 9.17) is 4.74 Å².